The van der Waals surface area contributed by atoms with Crippen molar-refractivity contribution >= 4 is 29.3 Å². The minimum atomic E-state index is -1.41. The Labute approximate surface area is 249 Å². The highest BCUT2D eigenvalue weighted by molar-refractivity contribution is 6.06. The second-order valence-corrected chi connectivity index (χ2v) is 9.95. The van der Waals surface area contributed by atoms with Crippen molar-refractivity contribution in [2.45, 2.75) is 58.8 Å². The number of hydrogen-bond donors (Lipinski definition) is 5. The molecule has 0 aliphatic carbocycles. The molecular formula is C31H34N6O6. The summed E-state index contributed by atoms with van der Waals surface area (Å²) < 4.78 is 4.91. The fourth-order valence-corrected chi connectivity index (χ4v) is 4.04. The lowest BCUT2D eigenvalue weighted by Crippen LogP contribution is -2.57. The Bertz CT molecular complexity index is 1540. The van der Waals surface area contributed by atoms with Gasteiger partial charge >= 0.3 is 0 Å². The zero-order valence-electron chi connectivity index (χ0n) is 24.3. The van der Waals surface area contributed by atoms with E-state index in [0.717, 1.165) is 11.1 Å². The van der Waals surface area contributed by atoms with E-state index >= 15 is 0 Å². The van der Waals surface area contributed by atoms with Gasteiger partial charge in [-0.3, -0.25) is 19.2 Å². The molecule has 0 saturated carbocycles. The zero-order valence-corrected chi connectivity index (χ0v) is 24.3. The average Bonchev–Trinajstić information content (AvgIpc) is 3.42. The van der Waals surface area contributed by atoms with Crippen molar-refractivity contribution in [2.75, 3.05) is 5.32 Å². The zero-order chi connectivity index (χ0) is 31.5. The molecule has 43 heavy (non-hydrogen) atoms. The van der Waals surface area contributed by atoms with Gasteiger partial charge in [0.1, 0.15) is 29.5 Å². The Balaban J connectivity index is 1.81. The van der Waals surface area contributed by atoms with Crippen LogP contribution in [-0.4, -0.2) is 52.1 Å². The number of hydrogen-bond acceptors (Lipinski definition) is 8. The SMILES string of the molecule is C/C=C(\C#N)C(=O)Nc1cccc(C[C@H](NC(=O)C(NC(=O)c2cc(C)on2)C(C)O)C(=O)NCc2ccc(C)cc2)c1. The minimum absolute atomic E-state index is 0.00681. The van der Waals surface area contributed by atoms with E-state index in [1.807, 2.05) is 37.3 Å². The lowest BCUT2D eigenvalue weighted by molar-refractivity contribution is -0.131. The summed E-state index contributed by atoms with van der Waals surface area (Å²) in [4.78, 5) is 51.7. The predicted molar refractivity (Wildman–Crippen MR) is 157 cm³/mol. The van der Waals surface area contributed by atoms with Crippen LogP contribution in [0.4, 0.5) is 5.69 Å². The van der Waals surface area contributed by atoms with Crippen LogP contribution in [0.2, 0.25) is 0 Å². The summed E-state index contributed by atoms with van der Waals surface area (Å²) in [6.45, 7) is 6.66. The van der Waals surface area contributed by atoms with Crippen molar-refractivity contribution < 1.29 is 28.8 Å². The Morgan fingerprint density at radius 1 is 1.02 bits per heavy atom. The molecule has 0 saturated heterocycles. The van der Waals surface area contributed by atoms with Crippen LogP contribution in [0, 0.1) is 25.2 Å². The van der Waals surface area contributed by atoms with Gasteiger partial charge in [0.25, 0.3) is 11.8 Å². The summed E-state index contributed by atoms with van der Waals surface area (Å²) in [5.74, 6) is -2.23. The topological polar surface area (TPSA) is 186 Å². The number of aromatic nitrogens is 1. The Morgan fingerprint density at radius 3 is 2.35 bits per heavy atom. The number of aliphatic hydroxyl groups excluding tert-OH is 1. The van der Waals surface area contributed by atoms with Gasteiger partial charge in [-0.05, 0) is 51.0 Å². The molecule has 1 aromatic heterocycles. The Hall–Kier alpha value is -5.28. The van der Waals surface area contributed by atoms with Gasteiger partial charge < -0.3 is 30.9 Å². The molecule has 12 nitrogen and oxygen atoms in total. The summed E-state index contributed by atoms with van der Waals surface area (Å²) in [7, 11) is 0. The van der Waals surface area contributed by atoms with Gasteiger partial charge in [0.05, 0.1) is 6.10 Å². The third kappa shape index (κ3) is 9.37. The van der Waals surface area contributed by atoms with Crippen LogP contribution in [0.15, 0.2) is 70.8 Å². The fourth-order valence-electron chi connectivity index (χ4n) is 4.04. The molecule has 0 spiro atoms. The highest BCUT2D eigenvalue weighted by Gasteiger charge is 2.31. The number of amides is 4. The molecule has 0 aliphatic heterocycles. The first-order valence-corrected chi connectivity index (χ1v) is 13.5. The van der Waals surface area contributed by atoms with Crippen LogP contribution in [0.1, 0.15) is 46.8 Å². The van der Waals surface area contributed by atoms with Gasteiger partial charge in [0.15, 0.2) is 5.69 Å². The highest BCUT2D eigenvalue weighted by atomic mass is 16.5. The van der Waals surface area contributed by atoms with Crippen LogP contribution in [0.25, 0.3) is 0 Å². The Kier molecular flexibility index (Phi) is 11.3. The van der Waals surface area contributed by atoms with Crippen molar-refractivity contribution in [1.82, 2.24) is 21.1 Å². The van der Waals surface area contributed by atoms with Gasteiger partial charge in [0.2, 0.25) is 11.8 Å². The molecule has 5 N–H and O–H groups in total. The highest BCUT2D eigenvalue weighted by Crippen LogP contribution is 2.15. The van der Waals surface area contributed by atoms with E-state index in [9.17, 15) is 24.3 Å². The molecule has 3 aromatic rings. The molecule has 0 bridgehead atoms. The molecular weight excluding hydrogens is 552 g/mol. The summed E-state index contributed by atoms with van der Waals surface area (Å²) in [6.07, 6.45) is 0.0876. The van der Waals surface area contributed by atoms with Gasteiger partial charge in [0, 0.05) is 24.7 Å². The summed E-state index contributed by atoms with van der Waals surface area (Å²) >= 11 is 0. The maximum atomic E-state index is 13.4. The monoisotopic (exact) mass is 586 g/mol. The van der Waals surface area contributed by atoms with Crippen LogP contribution >= 0.6 is 0 Å². The van der Waals surface area contributed by atoms with Gasteiger partial charge in [-0.2, -0.15) is 5.26 Å². The smallest absolute Gasteiger partial charge is 0.274 e. The number of nitriles is 1. The first kappa shape index (κ1) is 32.2. The van der Waals surface area contributed by atoms with Crippen LogP contribution in [0.3, 0.4) is 0 Å². The van der Waals surface area contributed by atoms with E-state index in [-0.39, 0.29) is 24.2 Å². The van der Waals surface area contributed by atoms with E-state index < -0.39 is 41.8 Å². The molecule has 2 unspecified atom stereocenters. The minimum Gasteiger partial charge on any atom is -0.391 e. The van der Waals surface area contributed by atoms with Crippen molar-refractivity contribution in [3.05, 3.63) is 94.4 Å². The lowest BCUT2D eigenvalue weighted by Gasteiger charge is -2.24. The quantitative estimate of drug-likeness (QED) is 0.158. The fraction of sp³-hybridized carbons (Fsp3) is 0.290. The first-order chi connectivity index (χ1) is 20.5. The number of nitrogens with zero attached hydrogens (tertiary/aromatic N) is 2. The van der Waals surface area contributed by atoms with E-state index in [0.29, 0.717) is 17.0 Å². The van der Waals surface area contributed by atoms with E-state index in [1.54, 1.807) is 38.1 Å². The number of carbonyl (C=O) groups is 4. The molecule has 224 valence electrons. The maximum Gasteiger partial charge on any atom is 0.274 e. The van der Waals surface area contributed by atoms with Gasteiger partial charge in [-0.15, -0.1) is 0 Å². The molecule has 3 atom stereocenters. The summed E-state index contributed by atoms with van der Waals surface area (Å²) in [6, 6.07) is 14.9. The van der Waals surface area contributed by atoms with E-state index in [2.05, 4.69) is 26.4 Å². The van der Waals surface area contributed by atoms with Crippen LogP contribution in [0.5, 0.6) is 0 Å². The van der Waals surface area contributed by atoms with Crippen molar-refractivity contribution in [1.29, 1.82) is 5.26 Å². The number of carbonyl (C=O) groups excluding carboxylic acids is 4. The number of anilines is 1. The number of rotatable bonds is 12. The predicted octanol–water partition coefficient (Wildman–Crippen LogP) is 2.22. The molecule has 12 heteroatoms. The molecule has 4 amide bonds. The standard InChI is InChI=1S/C31H34N6O6/c1-5-23(16-32)28(39)34-24-8-6-7-22(14-24)15-25(29(40)33-17-21-11-9-18(2)10-12-21)35-31(42)27(20(4)38)36-30(41)26-13-19(3)43-37-26/h5-14,20,25,27,38H,15,17H2,1-4H3,(H,33,40)(H,34,39)(H,35,42)(H,36,41)/b23-5+/t20?,25-,27?/m0/s1. The second-order valence-electron chi connectivity index (χ2n) is 9.95. The number of aryl methyl sites for hydroxylation is 2. The largest absolute Gasteiger partial charge is 0.391 e. The number of benzene rings is 2. The molecule has 3 rings (SSSR count). The number of allylic oxidation sites excluding steroid dienone is 1. The summed E-state index contributed by atoms with van der Waals surface area (Å²) in [5, 5.41) is 33.6. The van der Waals surface area contributed by atoms with Gasteiger partial charge in [-0.25, -0.2) is 0 Å². The van der Waals surface area contributed by atoms with Crippen LogP contribution in [-0.2, 0) is 27.3 Å². The maximum absolute atomic E-state index is 13.4. The first-order valence-electron chi connectivity index (χ1n) is 13.5. The molecule has 2 aromatic carbocycles. The van der Waals surface area contributed by atoms with E-state index in [1.165, 1.54) is 19.1 Å². The third-order valence-electron chi connectivity index (χ3n) is 6.41. The number of aliphatic hydroxyl groups is 1. The van der Waals surface area contributed by atoms with Crippen LogP contribution < -0.4 is 21.3 Å². The Morgan fingerprint density at radius 2 is 1.74 bits per heavy atom. The van der Waals surface area contributed by atoms with Crippen molar-refractivity contribution in [2.24, 2.45) is 0 Å². The molecule has 0 radical (unpaired) electrons. The van der Waals surface area contributed by atoms with Crippen molar-refractivity contribution in [3.8, 4) is 6.07 Å². The second kappa shape index (κ2) is 15.1. The lowest BCUT2D eigenvalue weighted by atomic mass is 10.0. The molecule has 0 aliphatic rings. The van der Waals surface area contributed by atoms with Gasteiger partial charge in [-0.1, -0.05) is 53.2 Å². The van der Waals surface area contributed by atoms with Crippen molar-refractivity contribution in [3.63, 3.8) is 0 Å². The molecule has 0 fully saturated rings. The third-order valence-corrected chi connectivity index (χ3v) is 6.41. The normalized spacial score (nSPS) is 13.2. The summed E-state index contributed by atoms with van der Waals surface area (Å²) in [5.41, 5.74) is 2.76. The molecule has 1 heterocycles. The number of nitrogens with one attached hydrogen (secondary N) is 4. The average molecular weight is 587 g/mol. The van der Waals surface area contributed by atoms with E-state index in [4.69, 9.17) is 9.78 Å².